The van der Waals surface area contributed by atoms with Crippen molar-refractivity contribution in [1.82, 2.24) is 15.4 Å². The molecule has 0 saturated carbocycles. The second-order valence-corrected chi connectivity index (χ2v) is 3.08. The Morgan fingerprint density at radius 3 is 2.81 bits per heavy atom. The van der Waals surface area contributed by atoms with Crippen LogP contribution >= 0.6 is 0 Å². The van der Waals surface area contributed by atoms with Gasteiger partial charge in [0, 0.05) is 5.56 Å². The number of aromatic nitrogens is 3. The molecule has 1 aromatic carbocycles. The van der Waals surface area contributed by atoms with E-state index in [1.807, 2.05) is 0 Å². The number of H-pyrrole nitrogens is 1. The zero-order chi connectivity index (χ0) is 11.5. The summed E-state index contributed by atoms with van der Waals surface area (Å²) in [4.78, 5) is 22.8. The van der Waals surface area contributed by atoms with Gasteiger partial charge in [0.1, 0.15) is 11.0 Å². The smallest absolute Gasteiger partial charge is 0.379 e. The summed E-state index contributed by atoms with van der Waals surface area (Å²) in [5.41, 5.74) is 1.43. The lowest BCUT2D eigenvalue weighted by atomic mass is 10.1. The van der Waals surface area contributed by atoms with E-state index in [9.17, 15) is 9.59 Å². The average molecular weight is 219 g/mol. The second-order valence-electron chi connectivity index (χ2n) is 3.08. The van der Waals surface area contributed by atoms with Crippen molar-refractivity contribution >= 4 is 22.8 Å². The quantitative estimate of drug-likeness (QED) is 0.466. The molecule has 0 aliphatic carbocycles. The van der Waals surface area contributed by atoms with Gasteiger partial charge >= 0.3 is 5.97 Å². The lowest BCUT2D eigenvalue weighted by Gasteiger charge is -2.00. The number of rotatable bonds is 3. The molecule has 6 heteroatoms. The number of fused-ring (bicyclic) bond motifs is 1. The molecule has 0 spiro atoms. The highest BCUT2D eigenvalue weighted by Crippen LogP contribution is 2.11. The molecule has 0 saturated heterocycles. The minimum absolute atomic E-state index is 0.177. The number of hydrogen-bond donors (Lipinski definition) is 1. The van der Waals surface area contributed by atoms with Crippen molar-refractivity contribution < 1.29 is 14.3 Å². The highest BCUT2D eigenvalue weighted by Gasteiger charge is 2.17. The van der Waals surface area contributed by atoms with Gasteiger partial charge in [-0.05, 0) is 25.1 Å². The number of esters is 1. The van der Waals surface area contributed by atoms with Gasteiger partial charge in [0.2, 0.25) is 0 Å². The first-order valence-corrected chi connectivity index (χ1v) is 4.74. The van der Waals surface area contributed by atoms with E-state index in [2.05, 4.69) is 20.1 Å². The van der Waals surface area contributed by atoms with Crippen LogP contribution in [0.5, 0.6) is 0 Å². The molecule has 16 heavy (non-hydrogen) atoms. The zero-order valence-corrected chi connectivity index (χ0v) is 8.56. The van der Waals surface area contributed by atoms with E-state index >= 15 is 0 Å². The molecule has 0 aliphatic heterocycles. The minimum atomic E-state index is -0.856. The Morgan fingerprint density at radius 2 is 2.06 bits per heavy atom. The van der Waals surface area contributed by atoms with Crippen molar-refractivity contribution in [2.75, 3.05) is 6.61 Å². The number of aromatic amines is 1. The van der Waals surface area contributed by atoms with Gasteiger partial charge in [0.25, 0.3) is 5.78 Å². The zero-order valence-electron chi connectivity index (χ0n) is 8.56. The molecule has 1 heterocycles. The van der Waals surface area contributed by atoms with E-state index in [0.29, 0.717) is 11.0 Å². The molecule has 2 rings (SSSR count). The van der Waals surface area contributed by atoms with Crippen LogP contribution in [0.25, 0.3) is 11.0 Å². The van der Waals surface area contributed by atoms with Crippen LogP contribution in [0.1, 0.15) is 17.3 Å². The van der Waals surface area contributed by atoms with Crippen molar-refractivity contribution in [3.05, 3.63) is 23.8 Å². The number of carbonyl (C=O) groups excluding carboxylic acids is 2. The van der Waals surface area contributed by atoms with Crippen LogP contribution < -0.4 is 0 Å². The van der Waals surface area contributed by atoms with Gasteiger partial charge in [-0.2, -0.15) is 15.4 Å². The third-order valence-electron chi connectivity index (χ3n) is 2.04. The third kappa shape index (κ3) is 1.77. The summed E-state index contributed by atoms with van der Waals surface area (Å²) in [6.07, 6.45) is 0. The monoisotopic (exact) mass is 219 g/mol. The second kappa shape index (κ2) is 4.09. The predicted octanol–water partition coefficient (Wildman–Crippen LogP) is 0.704. The number of ether oxygens (including phenoxy) is 1. The summed E-state index contributed by atoms with van der Waals surface area (Å²) < 4.78 is 4.62. The van der Waals surface area contributed by atoms with Crippen molar-refractivity contribution in [2.45, 2.75) is 6.92 Å². The highest BCUT2D eigenvalue weighted by atomic mass is 16.5. The summed E-state index contributed by atoms with van der Waals surface area (Å²) >= 11 is 0. The molecule has 0 unspecified atom stereocenters. The van der Waals surface area contributed by atoms with E-state index in [1.165, 1.54) is 12.1 Å². The van der Waals surface area contributed by atoms with Gasteiger partial charge < -0.3 is 4.74 Å². The molecule has 0 aliphatic rings. The van der Waals surface area contributed by atoms with Crippen molar-refractivity contribution in [2.24, 2.45) is 0 Å². The number of benzene rings is 1. The summed E-state index contributed by atoms with van der Waals surface area (Å²) in [6, 6.07) is 4.63. The minimum Gasteiger partial charge on any atom is -0.460 e. The van der Waals surface area contributed by atoms with Crippen LogP contribution in [-0.2, 0) is 9.53 Å². The Morgan fingerprint density at radius 1 is 1.31 bits per heavy atom. The summed E-state index contributed by atoms with van der Waals surface area (Å²) in [5.74, 6) is -1.53. The van der Waals surface area contributed by atoms with Gasteiger partial charge in [0.15, 0.2) is 0 Å². The van der Waals surface area contributed by atoms with Gasteiger partial charge in [-0.25, -0.2) is 4.79 Å². The molecule has 0 amide bonds. The van der Waals surface area contributed by atoms with E-state index < -0.39 is 11.8 Å². The van der Waals surface area contributed by atoms with Gasteiger partial charge in [-0.15, -0.1) is 0 Å². The number of hydrogen-bond acceptors (Lipinski definition) is 5. The Balaban J connectivity index is 2.32. The average Bonchev–Trinajstić information content (AvgIpc) is 2.75. The Hall–Kier alpha value is -2.24. The Bertz CT molecular complexity index is 547. The first kappa shape index (κ1) is 10.3. The van der Waals surface area contributed by atoms with Crippen molar-refractivity contribution in [1.29, 1.82) is 0 Å². The summed E-state index contributed by atoms with van der Waals surface area (Å²) in [5, 5.41) is 10.1. The fourth-order valence-electron chi connectivity index (χ4n) is 1.30. The topological polar surface area (TPSA) is 84.9 Å². The first-order chi connectivity index (χ1) is 7.72. The SMILES string of the molecule is CCOC(=O)C(=O)c1ccc2n[nH]nc2c1. The van der Waals surface area contributed by atoms with Crippen LogP contribution in [0.4, 0.5) is 0 Å². The Labute approximate surface area is 90.6 Å². The predicted molar refractivity (Wildman–Crippen MR) is 54.9 cm³/mol. The van der Waals surface area contributed by atoms with Gasteiger partial charge in [0.05, 0.1) is 6.61 Å². The molecule has 2 aromatic rings. The number of Topliss-reactive ketones (excluding diaryl/α,β-unsaturated/α-hetero) is 1. The van der Waals surface area contributed by atoms with Crippen molar-refractivity contribution in [3.63, 3.8) is 0 Å². The van der Waals surface area contributed by atoms with E-state index in [1.54, 1.807) is 13.0 Å². The van der Waals surface area contributed by atoms with Crippen molar-refractivity contribution in [3.8, 4) is 0 Å². The highest BCUT2D eigenvalue weighted by molar-refractivity contribution is 6.40. The maximum atomic E-state index is 11.6. The van der Waals surface area contributed by atoms with E-state index in [0.717, 1.165) is 0 Å². The number of nitrogens with one attached hydrogen (secondary N) is 1. The fraction of sp³-hybridized carbons (Fsp3) is 0.200. The standard InChI is InChI=1S/C10H9N3O3/c1-2-16-10(15)9(14)6-3-4-7-8(5-6)12-13-11-7/h3-5H,2H2,1H3,(H,11,12,13). The lowest BCUT2D eigenvalue weighted by Crippen LogP contribution is -2.17. The molecular weight excluding hydrogens is 210 g/mol. The molecule has 0 bridgehead atoms. The van der Waals surface area contributed by atoms with Crippen LogP contribution in [0.3, 0.4) is 0 Å². The summed E-state index contributed by atoms with van der Waals surface area (Å²) in [7, 11) is 0. The molecule has 1 N–H and O–H groups in total. The van der Waals surface area contributed by atoms with Crippen LogP contribution in [0.15, 0.2) is 18.2 Å². The molecular formula is C10H9N3O3. The molecule has 0 fully saturated rings. The fourth-order valence-corrected chi connectivity index (χ4v) is 1.30. The molecule has 82 valence electrons. The maximum Gasteiger partial charge on any atom is 0.379 e. The number of ketones is 1. The molecule has 0 atom stereocenters. The number of nitrogens with zero attached hydrogens (tertiary/aromatic N) is 2. The lowest BCUT2D eigenvalue weighted by molar-refractivity contribution is -0.137. The molecule has 1 aromatic heterocycles. The molecule has 6 nitrogen and oxygen atoms in total. The number of carbonyl (C=O) groups is 2. The Kier molecular flexibility index (Phi) is 2.63. The van der Waals surface area contributed by atoms with Gasteiger partial charge in [-0.3, -0.25) is 4.79 Å². The van der Waals surface area contributed by atoms with Crippen LogP contribution in [0.2, 0.25) is 0 Å². The van der Waals surface area contributed by atoms with E-state index in [4.69, 9.17) is 0 Å². The largest absolute Gasteiger partial charge is 0.460 e. The van der Waals surface area contributed by atoms with Gasteiger partial charge in [-0.1, -0.05) is 0 Å². The first-order valence-electron chi connectivity index (χ1n) is 4.74. The van der Waals surface area contributed by atoms with E-state index in [-0.39, 0.29) is 12.2 Å². The summed E-state index contributed by atoms with van der Waals surface area (Å²) in [6.45, 7) is 1.82. The third-order valence-corrected chi connectivity index (χ3v) is 2.04. The van der Waals surface area contributed by atoms with Crippen LogP contribution in [0, 0.1) is 0 Å². The normalized spacial score (nSPS) is 10.3. The van der Waals surface area contributed by atoms with Crippen LogP contribution in [-0.4, -0.2) is 33.8 Å². The maximum absolute atomic E-state index is 11.6. The molecule has 0 radical (unpaired) electrons.